The van der Waals surface area contributed by atoms with Crippen LogP contribution in [0.25, 0.3) is 11.3 Å². The van der Waals surface area contributed by atoms with Crippen LogP contribution in [-0.4, -0.2) is 35.4 Å². The number of aromatic nitrogens is 1. The predicted octanol–water partition coefficient (Wildman–Crippen LogP) is 4.67. The van der Waals surface area contributed by atoms with Crippen LogP contribution in [0.1, 0.15) is 17.3 Å². The van der Waals surface area contributed by atoms with E-state index in [1.54, 1.807) is 0 Å². The predicted molar refractivity (Wildman–Crippen MR) is 118 cm³/mol. The molecule has 1 aliphatic heterocycles. The van der Waals surface area contributed by atoms with Crippen LogP contribution < -0.4 is 21.3 Å². The molecule has 2 aromatic carbocycles. The highest BCUT2D eigenvalue weighted by Crippen LogP contribution is 2.44. The summed E-state index contributed by atoms with van der Waals surface area (Å²) < 4.78 is 99.7. The van der Waals surface area contributed by atoms with Crippen LogP contribution in [0.2, 0.25) is 0 Å². The number of anilines is 1. The summed E-state index contributed by atoms with van der Waals surface area (Å²) in [7, 11) is 1.33. The molecule has 0 radical (unpaired) electrons. The summed E-state index contributed by atoms with van der Waals surface area (Å²) in [6.07, 6.45) is -13.0. The van der Waals surface area contributed by atoms with Crippen LogP contribution in [-0.2, 0) is 15.8 Å². The maximum atomic E-state index is 14.0. The van der Waals surface area contributed by atoms with Crippen molar-refractivity contribution in [3.63, 3.8) is 0 Å². The van der Waals surface area contributed by atoms with Gasteiger partial charge in [-0.15, -0.1) is 0 Å². The minimum absolute atomic E-state index is 0.00339. The zero-order valence-electron chi connectivity index (χ0n) is 19.2. The summed E-state index contributed by atoms with van der Waals surface area (Å²) in [6, 6.07) is 9.82. The summed E-state index contributed by atoms with van der Waals surface area (Å²) in [5, 5.41) is 0.314. The molecule has 0 saturated carbocycles. The highest BCUT2D eigenvalue weighted by molar-refractivity contribution is 5.78. The fraction of sp³-hybridized carbons (Fsp3) is 0.217. The Morgan fingerprint density at radius 1 is 0.974 bits per heavy atom. The molecular weight excluding hydrogens is 527 g/mol. The van der Waals surface area contributed by atoms with Gasteiger partial charge in [0.2, 0.25) is 0 Å². The first-order chi connectivity index (χ1) is 17.7. The van der Waals surface area contributed by atoms with Gasteiger partial charge in [-0.25, -0.2) is 14.2 Å². The van der Waals surface area contributed by atoms with Gasteiger partial charge >= 0.3 is 18.3 Å². The van der Waals surface area contributed by atoms with E-state index in [1.807, 2.05) is 0 Å². The third-order valence-corrected chi connectivity index (χ3v) is 5.57. The summed E-state index contributed by atoms with van der Waals surface area (Å²) in [5.74, 6) is -4.10. The molecule has 2 atom stereocenters. The highest BCUT2D eigenvalue weighted by atomic mass is 19.4. The van der Waals surface area contributed by atoms with E-state index in [0.29, 0.717) is 5.06 Å². The van der Waals surface area contributed by atoms with Gasteiger partial charge in [0.1, 0.15) is 17.3 Å². The monoisotopic (exact) mass is 545 g/mol. The Morgan fingerprint density at radius 2 is 1.63 bits per heavy atom. The first-order valence-corrected chi connectivity index (χ1v) is 10.6. The van der Waals surface area contributed by atoms with E-state index in [9.17, 15) is 35.5 Å². The van der Waals surface area contributed by atoms with Crippen molar-refractivity contribution < 1.29 is 45.1 Å². The number of pyridine rings is 1. The van der Waals surface area contributed by atoms with E-state index in [1.165, 1.54) is 31.3 Å². The highest BCUT2D eigenvalue weighted by Gasteiger charge is 2.46. The quantitative estimate of drug-likeness (QED) is 0.456. The van der Waals surface area contributed by atoms with E-state index in [2.05, 4.69) is 9.82 Å². The van der Waals surface area contributed by atoms with Crippen LogP contribution in [0.3, 0.4) is 0 Å². The maximum absolute atomic E-state index is 14.0. The number of halogens is 7. The van der Waals surface area contributed by atoms with E-state index in [0.717, 1.165) is 35.2 Å². The fourth-order valence-electron chi connectivity index (χ4n) is 3.66. The second-order valence-electron chi connectivity index (χ2n) is 8.07. The van der Waals surface area contributed by atoms with Gasteiger partial charge in [0, 0.05) is 5.56 Å². The Bertz CT molecular complexity index is 1350. The number of ether oxygens (including phenoxy) is 1. The Labute approximate surface area is 210 Å². The molecule has 2 unspecified atom stereocenters. The van der Waals surface area contributed by atoms with Crippen molar-refractivity contribution in [3.8, 4) is 22.8 Å². The number of fused-ring (bicyclic) bond motifs is 1. The Morgan fingerprint density at radius 3 is 2.24 bits per heavy atom. The molecule has 0 saturated heterocycles. The van der Waals surface area contributed by atoms with Gasteiger partial charge in [-0.3, -0.25) is 10.6 Å². The minimum atomic E-state index is -5.41. The summed E-state index contributed by atoms with van der Waals surface area (Å²) >= 11 is 0. The molecule has 4 N–H and O–H groups in total. The average molecular weight is 545 g/mol. The molecule has 0 bridgehead atoms. The molecule has 0 fully saturated rings. The van der Waals surface area contributed by atoms with Crippen molar-refractivity contribution in [1.82, 2.24) is 9.88 Å². The van der Waals surface area contributed by atoms with Crippen molar-refractivity contribution >= 4 is 11.8 Å². The van der Waals surface area contributed by atoms with Gasteiger partial charge in [-0.05, 0) is 49.5 Å². The van der Waals surface area contributed by atoms with Crippen molar-refractivity contribution in [2.75, 3.05) is 12.1 Å². The Balaban J connectivity index is 1.89. The van der Waals surface area contributed by atoms with Gasteiger partial charge < -0.3 is 15.3 Å². The number of carbonyl (C=O) groups is 1. The van der Waals surface area contributed by atoms with Crippen LogP contribution in [0.15, 0.2) is 54.6 Å². The smallest absolute Gasteiger partial charge is 0.457 e. The summed E-state index contributed by atoms with van der Waals surface area (Å²) in [5.41, 5.74) is 9.80. The first-order valence-electron chi connectivity index (χ1n) is 10.6. The van der Waals surface area contributed by atoms with Crippen molar-refractivity contribution in [3.05, 3.63) is 71.5 Å². The van der Waals surface area contributed by atoms with Crippen molar-refractivity contribution in [2.24, 2.45) is 11.5 Å². The fourth-order valence-corrected chi connectivity index (χ4v) is 3.66. The lowest BCUT2D eigenvalue weighted by atomic mass is 10.0. The lowest BCUT2D eigenvalue weighted by Crippen LogP contribution is -2.60. The lowest BCUT2D eigenvalue weighted by Gasteiger charge is -2.42. The number of nitrogens with zero attached hydrogens (tertiary/aromatic N) is 3. The molecule has 2 heterocycles. The van der Waals surface area contributed by atoms with Gasteiger partial charge in [0.15, 0.2) is 12.1 Å². The molecule has 15 heteroatoms. The Hall–Kier alpha value is -3.95. The average Bonchev–Trinajstić information content (AvgIpc) is 2.85. The number of hydroxylamine groups is 1. The topological polar surface area (TPSA) is 107 Å². The van der Waals surface area contributed by atoms with E-state index >= 15 is 0 Å². The molecule has 4 rings (SSSR count). The molecule has 202 valence electrons. The molecule has 38 heavy (non-hydrogen) atoms. The molecule has 1 aliphatic rings. The Kier molecular flexibility index (Phi) is 6.94. The zero-order valence-corrected chi connectivity index (χ0v) is 19.2. The van der Waals surface area contributed by atoms with Gasteiger partial charge in [-0.2, -0.15) is 31.4 Å². The standard InChI is InChI=1S/C23H18F7N5O3/c1-34-18(31)13-9-10-15(33-19(13)35(21(34)32)38-20(36)23(28,29)30)17-14(22(25,26)27)3-2-4-16(17)37-12-7-5-11(24)6-8-12/h2-10,18,21H,31-32H2,1H3. The van der Waals surface area contributed by atoms with E-state index in [-0.39, 0.29) is 17.1 Å². The van der Waals surface area contributed by atoms with Gasteiger partial charge in [-0.1, -0.05) is 12.1 Å². The largest absolute Gasteiger partial charge is 0.493 e. The van der Waals surface area contributed by atoms with Crippen molar-refractivity contribution in [2.45, 2.75) is 24.8 Å². The zero-order chi connectivity index (χ0) is 28.0. The summed E-state index contributed by atoms with van der Waals surface area (Å²) in [6.45, 7) is 0. The van der Waals surface area contributed by atoms with E-state index in [4.69, 9.17) is 16.2 Å². The first kappa shape index (κ1) is 27.1. The molecule has 0 aliphatic carbocycles. The normalized spacial score (nSPS) is 18.2. The SMILES string of the molecule is CN1C(N)c2ccc(-c3c(Oc4ccc(F)cc4)cccc3C(F)(F)F)nc2N(OC(=O)C(F)(F)F)C1N. The number of carbonyl (C=O) groups excluding carboxylic acids is 1. The number of alkyl halides is 6. The molecule has 0 spiro atoms. The van der Waals surface area contributed by atoms with Crippen LogP contribution in [0, 0.1) is 5.82 Å². The second kappa shape index (κ2) is 9.74. The molecule has 8 nitrogen and oxygen atoms in total. The molecule has 3 aromatic rings. The minimum Gasteiger partial charge on any atom is -0.457 e. The van der Waals surface area contributed by atoms with Gasteiger partial charge in [0.05, 0.1) is 23.0 Å². The number of benzene rings is 2. The van der Waals surface area contributed by atoms with Crippen LogP contribution in [0.5, 0.6) is 11.5 Å². The molecule has 0 amide bonds. The number of hydrogen-bond donors (Lipinski definition) is 2. The number of nitrogens with two attached hydrogens (primary N) is 2. The molecule has 1 aromatic heterocycles. The summed E-state index contributed by atoms with van der Waals surface area (Å²) in [4.78, 5) is 21.2. The number of rotatable bonds is 4. The lowest BCUT2D eigenvalue weighted by molar-refractivity contribution is -0.204. The third kappa shape index (κ3) is 5.20. The third-order valence-electron chi connectivity index (χ3n) is 5.57. The van der Waals surface area contributed by atoms with Gasteiger partial charge in [0.25, 0.3) is 0 Å². The van der Waals surface area contributed by atoms with E-state index < -0.39 is 59.2 Å². The maximum Gasteiger partial charge on any atom is 0.493 e. The number of hydrogen-bond acceptors (Lipinski definition) is 8. The second-order valence-corrected chi connectivity index (χ2v) is 8.07. The van der Waals surface area contributed by atoms with Crippen molar-refractivity contribution in [1.29, 1.82) is 0 Å². The van der Waals surface area contributed by atoms with Crippen LogP contribution in [0.4, 0.5) is 36.6 Å². The van der Waals surface area contributed by atoms with Crippen LogP contribution >= 0.6 is 0 Å². The molecular formula is C23H18F7N5O3.